The summed E-state index contributed by atoms with van der Waals surface area (Å²) in [5.74, 6) is -1.94. The highest BCUT2D eigenvalue weighted by Gasteiger charge is 2.21. The molecule has 0 bridgehead atoms. The summed E-state index contributed by atoms with van der Waals surface area (Å²) in [6, 6.07) is 8.91. The Morgan fingerprint density at radius 2 is 1.77 bits per heavy atom. The fourth-order valence-corrected chi connectivity index (χ4v) is 2.34. The van der Waals surface area contributed by atoms with Crippen LogP contribution in [-0.2, 0) is 0 Å². The summed E-state index contributed by atoms with van der Waals surface area (Å²) in [6.07, 6.45) is 0. The van der Waals surface area contributed by atoms with E-state index in [0.29, 0.717) is 11.1 Å². The number of aryl methyl sites for hydroxylation is 1. The number of carbonyl (C=O) groups excluding carboxylic acids is 1. The number of rotatable bonds is 3. The minimum Gasteiger partial charge on any atom is -0.335 e. The van der Waals surface area contributed by atoms with Gasteiger partial charge in [0.05, 0.1) is 6.04 Å². The van der Waals surface area contributed by atoms with Gasteiger partial charge in [0.2, 0.25) is 0 Å². The molecule has 4 heteroatoms. The first-order valence-corrected chi connectivity index (χ1v) is 7.11. The van der Waals surface area contributed by atoms with Crippen LogP contribution in [0.3, 0.4) is 0 Å². The predicted molar refractivity (Wildman–Crippen MR) is 82.8 cm³/mol. The van der Waals surface area contributed by atoms with Crippen LogP contribution >= 0.6 is 0 Å². The average molecular weight is 303 g/mol. The fourth-order valence-electron chi connectivity index (χ4n) is 2.34. The second-order valence-electron chi connectivity index (χ2n) is 5.51. The van der Waals surface area contributed by atoms with Crippen LogP contribution in [0.4, 0.5) is 8.78 Å². The second-order valence-corrected chi connectivity index (χ2v) is 5.51. The predicted octanol–water partition coefficient (Wildman–Crippen LogP) is 4.41. The average Bonchev–Trinajstić information content (AvgIpc) is 2.50. The van der Waals surface area contributed by atoms with Crippen LogP contribution in [0.1, 0.15) is 40.0 Å². The van der Waals surface area contributed by atoms with Crippen LogP contribution in [-0.4, -0.2) is 17.9 Å². The Bertz CT molecular complexity index is 712. The molecule has 0 N–H and O–H groups in total. The molecule has 0 fully saturated rings. The van der Waals surface area contributed by atoms with E-state index in [4.69, 9.17) is 0 Å². The molecule has 1 unspecified atom stereocenters. The molecule has 0 saturated heterocycles. The van der Waals surface area contributed by atoms with Crippen molar-refractivity contribution in [2.75, 3.05) is 7.05 Å². The number of carbonyl (C=O) groups is 1. The van der Waals surface area contributed by atoms with Crippen LogP contribution in [0.25, 0.3) is 0 Å². The van der Waals surface area contributed by atoms with Crippen molar-refractivity contribution in [2.45, 2.75) is 26.8 Å². The molecule has 1 amide bonds. The third kappa shape index (κ3) is 3.01. The summed E-state index contributed by atoms with van der Waals surface area (Å²) in [7, 11) is 1.66. The van der Waals surface area contributed by atoms with Gasteiger partial charge in [0.15, 0.2) is 11.6 Å². The largest absolute Gasteiger partial charge is 0.335 e. The minimum atomic E-state index is -0.906. The maximum atomic E-state index is 13.4. The number of hydrogen-bond donors (Lipinski definition) is 0. The minimum absolute atomic E-state index is 0.140. The molecule has 0 aliphatic heterocycles. The van der Waals surface area contributed by atoms with Gasteiger partial charge in [0.1, 0.15) is 0 Å². The van der Waals surface area contributed by atoms with Gasteiger partial charge in [-0.2, -0.15) is 0 Å². The normalized spacial score (nSPS) is 12.1. The van der Waals surface area contributed by atoms with Gasteiger partial charge in [-0.15, -0.1) is 0 Å². The number of hydrogen-bond acceptors (Lipinski definition) is 1. The molecule has 0 spiro atoms. The summed E-state index contributed by atoms with van der Waals surface area (Å²) in [4.78, 5) is 14.2. The molecular formula is C18H19F2NO. The molecule has 0 aliphatic carbocycles. The van der Waals surface area contributed by atoms with E-state index in [9.17, 15) is 13.6 Å². The van der Waals surface area contributed by atoms with Crippen molar-refractivity contribution in [3.63, 3.8) is 0 Å². The van der Waals surface area contributed by atoms with Crippen LogP contribution in [0.2, 0.25) is 0 Å². The Labute approximate surface area is 129 Å². The number of amides is 1. The van der Waals surface area contributed by atoms with Gasteiger partial charge < -0.3 is 4.90 Å². The third-order valence-electron chi connectivity index (χ3n) is 4.16. The Morgan fingerprint density at radius 3 is 2.41 bits per heavy atom. The van der Waals surface area contributed by atoms with Gasteiger partial charge in [0, 0.05) is 12.6 Å². The highest BCUT2D eigenvalue weighted by molar-refractivity contribution is 5.96. The Morgan fingerprint density at radius 1 is 1.09 bits per heavy atom. The Kier molecular flexibility index (Phi) is 4.59. The van der Waals surface area contributed by atoms with Crippen LogP contribution in [0.15, 0.2) is 36.4 Å². The van der Waals surface area contributed by atoms with E-state index in [0.717, 1.165) is 23.3 Å². The summed E-state index contributed by atoms with van der Waals surface area (Å²) in [6.45, 7) is 5.64. The molecule has 0 heterocycles. The molecule has 22 heavy (non-hydrogen) atoms. The first kappa shape index (κ1) is 16.1. The van der Waals surface area contributed by atoms with E-state index in [1.807, 2.05) is 26.0 Å². The van der Waals surface area contributed by atoms with Crippen molar-refractivity contribution < 1.29 is 13.6 Å². The van der Waals surface area contributed by atoms with Crippen molar-refractivity contribution in [3.05, 3.63) is 70.3 Å². The molecule has 0 aromatic heterocycles. The second kappa shape index (κ2) is 6.26. The van der Waals surface area contributed by atoms with Gasteiger partial charge in [-0.25, -0.2) is 8.78 Å². The lowest BCUT2D eigenvalue weighted by Gasteiger charge is -2.26. The van der Waals surface area contributed by atoms with Crippen LogP contribution in [0, 0.1) is 25.5 Å². The molecule has 2 nitrogen and oxygen atoms in total. The lowest BCUT2D eigenvalue weighted by Crippen LogP contribution is -2.30. The van der Waals surface area contributed by atoms with E-state index >= 15 is 0 Å². The van der Waals surface area contributed by atoms with Gasteiger partial charge in [-0.05, 0) is 55.7 Å². The van der Waals surface area contributed by atoms with Crippen LogP contribution in [0.5, 0.6) is 0 Å². The molecule has 2 aromatic rings. The number of halogens is 2. The molecule has 2 rings (SSSR count). The highest BCUT2D eigenvalue weighted by Crippen LogP contribution is 2.24. The van der Waals surface area contributed by atoms with E-state index in [1.54, 1.807) is 20.0 Å². The zero-order valence-electron chi connectivity index (χ0n) is 13.2. The van der Waals surface area contributed by atoms with Crippen molar-refractivity contribution in [3.8, 4) is 0 Å². The zero-order valence-corrected chi connectivity index (χ0v) is 13.2. The third-order valence-corrected chi connectivity index (χ3v) is 4.16. The van der Waals surface area contributed by atoms with Gasteiger partial charge >= 0.3 is 0 Å². The lowest BCUT2D eigenvalue weighted by atomic mass is 10.0. The zero-order chi connectivity index (χ0) is 16.4. The van der Waals surface area contributed by atoms with Crippen molar-refractivity contribution >= 4 is 5.91 Å². The summed E-state index contributed by atoms with van der Waals surface area (Å²) in [5, 5.41) is 0. The number of nitrogens with zero attached hydrogens (tertiary/aromatic N) is 1. The lowest BCUT2D eigenvalue weighted by molar-refractivity contribution is 0.0741. The molecule has 1 atom stereocenters. The SMILES string of the molecule is Cc1cccc(C(=O)N(C)C(C)c2ccc(F)c(F)c2)c1C. The quantitative estimate of drug-likeness (QED) is 0.822. The van der Waals surface area contributed by atoms with Crippen molar-refractivity contribution in [1.29, 1.82) is 0 Å². The first-order chi connectivity index (χ1) is 10.3. The monoisotopic (exact) mass is 303 g/mol. The smallest absolute Gasteiger partial charge is 0.254 e. The summed E-state index contributed by atoms with van der Waals surface area (Å²) < 4.78 is 26.4. The van der Waals surface area contributed by atoms with E-state index in [-0.39, 0.29) is 11.9 Å². The van der Waals surface area contributed by atoms with Crippen molar-refractivity contribution in [2.24, 2.45) is 0 Å². The van der Waals surface area contributed by atoms with E-state index in [2.05, 4.69) is 0 Å². The molecule has 0 radical (unpaired) electrons. The molecule has 0 aliphatic rings. The summed E-state index contributed by atoms with van der Waals surface area (Å²) >= 11 is 0. The van der Waals surface area contributed by atoms with E-state index in [1.165, 1.54) is 11.0 Å². The van der Waals surface area contributed by atoms with Crippen LogP contribution < -0.4 is 0 Å². The molecular weight excluding hydrogens is 284 g/mol. The van der Waals surface area contributed by atoms with E-state index < -0.39 is 11.6 Å². The standard InChI is InChI=1S/C18H19F2NO/c1-11-6-5-7-15(12(11)2)18(22)21(4)13(3)14-8-9-16(19)17(20)10-14/h5-10,13H,1-4H3. The molecule has 116 valence electrons. The maximum Gasteiger partial charge on any atom is 0.254 e. The highest BCUT2D eigenvalue weighted by atomic mass is 19.2. The maximum absolute atomic E-state index is 13.4. The topological polar surface area (TPSA) is 20.3 Å². The fraction of sp³-hybridized carbons (Fsp3) is 0.278. The first-order valence-electron chi connectivity index (χ1n) is 7.11. The van der Waals surface area contributed by atoms with Gasteiger partial charge in [-0.1, -0.05) is 18.2 Å². The Hall–Kier alpha value is -2.23. The molecule has 2 aromatic carbocycles. The molecule has 0 saturated carbocycles. The van der Waals surface area contributed by atoms with Gasteiger partial charge in [-0.3, -0.25) is 4.79 Å². The summed E-state index contributed by atoms with van der Waals surface area (Å²) in [5.41, 5.74) is 3.15. The van der Waals surface area contributed by atoms with Crippen molar-refractivity contribution in [1.82, 2.24) is 4.90 Å². The van der Waals surface area contributed by atoms with Gasteiger partial charge in [0.25, 0.3) is 5.91 Å². The Balaban J connectivity index is 2.29. The number of benzene rings is 2.